The molecule has 5 heteroatoms. The van der Waals surface area contributed by atoms with Gasteiger partial charge in [0.2, 0.25) is 5.91 Å². The van der Waals surface area contributed by atoms with E-state index in [0.717, 1.165) is 12.3 Å². The predicted molar refractivity (Wildman–Crippen MR) is 70.7 cm³/mol. The third kappa shape index (κ3) is 3.26. The smallest absolute Gasteiger partial charge is 0.243 e. The molecule has 0 saturated carbocycles. The molecule has 4 nitrogen and oxygen atoms in total. The van der Waals surface area contributed by atoms with Gasteiger partial charge < -0.3 is 4.57 Å². The van der Waals surface area contributed by atoms with Crippen LogP contribution in [0, 0.1) is 0 Å². The van der Waals surface area contributed by atoms with E-state index >= 15 is 0 Å². The minimum Gasteiger partial charge on any atom is -0.350 e. The van der Waals surface area contributed by atoms with Crippen molar-refractivity contribution in [2.24, 2.45) is 5.84 Å². The normalized spacial score (nSPS) is 14.4. The zero-order valence-corrected chi connectivity index (χ0v) is 10.8. The maximum atomic E-state index is 10.9. The van der Waals surface area contributed by atoms with Crippen LogP contribution in [0.25, 0.3) is 0 Å². The third-order valence-corrected chi connectivity index (χ3v) is 4.09. The van der Waals surface area contributed by atoms with E-state index < -0.39 is 0 Å². The first-order valence-electron chi connectivity index (χ1n) is 6.05. The van der Waals surface area contributed by atoms with Crippen molar-refractivity contribution in [3.8, 4) is 0 Å². The molecule has 94 valence electrons. The van der Waals surface area contributed by atoms with Gasteiger partial charge in [-0.15, -0.1) is 0 Å². The second-order valence-corrected chi connectivity index (χ2v) is 5.41. The van der Waals surface area contributed by atoms with E-state index in [4.69, 9.17) is 5.84 Å². The molecule has 1 aromatic heterocycles. The number of rotatable bonds is 5. The third-order valence-electron chi connectivity index (χ3n) is 3.15. The number of hydrazine groups is 1. The lowest BCUT2D eigenvalue weighted by Gasteiger charge is -2.15. The topological polar surface area (TPSA) is 60.0 Å². The summed E-state index contributed by atoms with van der Waals surface area (Å²) >= 11 is 1.62. The van der Waals surface area contributed by atoms with Gasteiger partial charge in [-0.1, -0.05) is 0 Å². The highest BCUT2D eigenvalue weighted by atomic mass is 32.2. The fourth-order valence-electron chi connectivity index (χ4n) is 2.27. The number of carbonyl (C=O) groups excluding carboxylic acids is 1. The fourth-order valence-corrected chi connectivity index (χ4v) is 3.01. The van der Waals surface area contributed by atoms with E-state index in [9.17, 15) is 4.79 Å². The Kier molecular flexibility index (Phi) is 4.50. The summed E-state index contributed by atoms with van der Waals surface area (Å²) in [6.45, 7) is 0.984. The number of fused-ring (bicyclic) bond motifs is 1. The van der Waals surface area contributed by atoms with Crippen LogP contribution < -0.4 is 11.3 Å². The van der Waals surface area contributed by atoms with Crippen LogP contribution in [-0.4, -0.2) is 22.0 Å². The number of nitrogens with two attached hydrogens (primary N) is 1. The van der Waals surface area contributed by atoms with Gasteiger partial charge in [-0.05, 0) is 37.3 Å². The van der Waals surface area contributed by atoms with Gasteiger partial charge in [0.05, 0.1) is 5.75 Å². The van der Waals surface area contributed by atoms with Crippen molar-refractivity contribution in [1.29, 1.82) is 0 Å². The Balaban J connectivity index is 1.79. The Morgan fingerprint density at radius 3 is 3.12 bits per heavy atom. The maximum Gasteiger partial charge on any atom is 0.243 e. The van der Waals surface area contributed by atoms with Crippen LogP contribution in [0.15, 0.2) is 12.3 Å². The Morgan fingerprint density at radius 1 is 1.47 bits per heavy atom. The molecule has 0 atom stereocenters. The largest absolute Gasteiger partial charge is 0.350 e. The molecule has 0 unspecified atom stereocenters. The van der Waals surface area contributed by atoms with Crippen molar-refractivity contribution in [2.75, 3.05) is 11.5 Å². The van der Waals surface area contributed by atoms with Crippen molar-refractivity contribution in [3.05, 3.63) is 23.5 Å². The molecule has 3 N–H and O–H groups in total. The zero-order chi connectivity index (χ0) is 12.1. The Bertz CT molecular complexity index is 389. The average molecular weight is 253 g/mol. The Morgan fingerprint density at radius 2 is 2.29 bits per heavy atom. The highest BCUT2D eigenvalue weighted by Crippen LogP contribution is 2.22. The van der Waals surface area contributed by atoms with E-state index in [2.05, 4.69) is 22.3 Å². The van der Waals surface area contributed by atoms with Gasteiger partial charge in [0, 0.05) is 24.2 Å². The lowest BCUT2D eigenvalue weighted by molar-refractivity contribution is -0.118. The zero-order valence-electron chi connectivity index (χ0n) is 9.95. The molecule has 0 aromatic carbocycles. The average Bonchev–Trinajstić information content (AvgIpc) is 2.78. The summed E-state index contributed by atoms with van der Waals surface area (Å²) < 4.78 is 2.34. The van der Waals surface area contributed by atoms with Crippen molar-refractivity contribution in [3.63, 3.8) is 0 Å². The minimum absolute atomic E-state index is 0.107. The van der Waals surface area contributed by atoms with Crippen LogP contribution in [-0.2, 0) is 24.2 Å². The molecule has 17 heavy (non-hydrogen) atoms. The van der Waals surface area contributed by atoms with Crippen LogP contribution >= 0.6 is 11.8 Å². The number of aryl methyl sites for hydroxylation is 2. The first kappa shape index (κ1) is 12.5. The molecular formula is C12H19N3OS. The van der Waals surface area contributed by atoms with Crippen molar-refractivity contribution < 1.29 is 4.79 Å². The van der Waals surface area contributed by atoms with Crippen molar-refractivity contribution in [2.45, 2.75) is 32.2 Å². The summed E-state index contributed by atoms with van der Waals surface area (Å²) in [6.07, 6.45) is 7.24. The lowest BCUT2D eigenvalue weighted by Crippen LogP contribution is -2.31. The first-order valence-corrected chi connectivity index (χ1v) is 7.21. The lowest BCUT2D eigenvalue weighted by atomic mass is 9.98. The number of amides is 1. The highest BCUT2D eigenvalue weighted by molar-refractivity contribution is 7.99. The quantitative estimate of drug-likeness (QED) is 0.357. The molecule has 2 rings (SSSR count). The summed E-state index contributed by atoms with van der Waals surface area (Å²) in [7, 11) is 0. The second-order valence-electron chi connectivity index (χ2n) is 4.31. The van der Waals surface area contributed by atoms with Crippen LogP contribution in [0.3, 0.4) is 0 Å². The number of thioether (sulfide) groups is 1. The molecule has 0 bridgehead atoms. The minimum atomic E-state index is -0.107. The van der Waals surface area contributed by atoms with Gasteiger partial charge in [0.25, 0.3) is 0 Å². The van der Waals surface area contributed by atoms with Crippen LogP contribution in [0.4, 0.5) is 0 Å². The highest BCUT2D eigenvalue weighted by Gasteiger charge is 2.13. The monoisotopic (exact) mass is 253 g/mol. The molecule has 0 spiro atoms. The summed E-state index contributed by atoms with van der Waals surface area (Å²) in [4.78, 5) is 10.9. The van der Waals surface area contributed by atoms with E-state index in [1.807, 2.05) is 0 Å². The second kappa shape index (κ2) is 6.12. The van der Waals surface area contributed by atoms with Crippen LogP contribution in [0.5, 0.6) is 0 Å². The van der Waals surface area contributed by atoms with Crippen LogP contribution in [0.2, 0.25) is 0 Å². The van der Waals surface area contributed by atoms with Gasteiger partial charge in [-0.25, -0.2) is 5.84 Å². The number of nitrogens with zero attached hydrogens (tertiary/aromatic N) is 1. The molecule has 1 heterocycles. The number of hydrogen-bond donors (Lipinski definition) is 2. The van der Waals surface area contributed by atoms with Crippen LogP contribution in [0.1, 0.15) is 24.1 Å². The molecule has 1 amide bonds. The molecule has 1 aliphatic rings. The van der Waals surface area contributed by atoms with E-state index in [1.54, 1.807) is 11.8 Å². The van der Waals surface area contributed by atoms with Gasteiger partial charge in [-0.3, -0.25) is 10.2 Å². The van der Waals surface area contributed by atoms with Gasteiger partial charge in [0.15, 0.2) is 0 Å². The first-order chi connectivity index (χ1) is 8.31. The standard InChI is InChI=1S/C12H19N3OS/c13-14-12(16)9-17-8-7-15-6-5-10-3-1-2-4-11(10)15/h5-6H,1-4,7-9,13H2,(H,14,16). The number of nitrogens with one attached hydrogen (secondary N) is 1. The number of carbonyl (C=O) groups is 1. The molecule has 0 saturated heterocycles. The number of aromatic nitrogens is 1. The SMILES string of the molecule is NNC(=O)CSCCn1ccc2c1CCCC2. The van der Waals surface area contributed by atoms with Gasteiger partial charge in [0.1, 0.15) is 0 Å². The van der Waals surface area contributed by atoms with Gasteiger partial charge in [-0.2, -0.15) is 11.8 Å². The van der Waals surface area contributed by atoms with Gasteiger partial charge >= 0.3 is 0 Å². The van der Waals surface area contributed by atoms with Crippen molar-refractivity contribution in [1.82, 2.24) is 9.99 Å². The molecule has 0 aliphatic heterocycles. The molecular weight excluding hydrogens is 234 g/mol. The molecule has 0 radical (unpaired) electrons. The van der Waals surface area contributed by atoms with Crippen molar-refractivity contribution >= 4 is 17.7 Å². The Labute approximate surface area is 106 Å². The summed E-state index contributed by atoms with van der Waals surface area (Å²) in [6, 6.07) is 2.24. The van der Waals surface area contributed by atoms with E-state index in [0.29, 0.717) is 5.75 Å². The summed E-state index contributed by atoms with van der Waals surface area (Å²) in [5, 5.41) is 0. The fraction of sp³-hybridized carbons (Fsp3) is 0.583. The predicted octanol–water partition coefficient (Wildman–Crippen LogP) is 1.09. The Hall–Kier alpha value is -0.940. The maximum absolute atomic E-state index is 10.9. The molecule has 0 fully saturated rings. The molecule has 1 aromatic rings. The summed E-state index contributed by atoms with van der Waals surface area (Å²) in [5.41, 5.74) is 5.16. The number of hydrogen-bond acceptors (Lipinski definition) is 3. The van der Waals surface area contributed by atoms with E-state index in [-0.39, 0.29) is 5.91 Å². The molecule has 1 aliphatic carbocycles. The van der Waals surface area contributed by atoms with E-state index in [1.165, 1.54) is 36.9 Å². The summed E-state index contributed by atoms with van der Waals surface area (Å²) in [5.74, 6) is 6.31.